The van der Waals surface area contributed by atoms with Crippen molar-refractivity contribution in [2.75, 3.05) is 18.0 Å². The van der Waals surface area contributed by atoms with Crippen LogP contribution in [0.3, 0.4) is 0 Å². The third-order valence-electron chi connectivity index (χ3n) is 3.06. The summed E-state index contributed by atoms with van der Waals surface area (Å²) in [5.74, 6) is -1.04. The van der Waals surface area contributed by atoms with Crippen LogP contribution in [0.25, 0.3) is 0 Å². The first kappa shape index (κ1) is 16.2. The zero-order valence-corrected chi connectivity index (χ0v) is 12.0. The number of aliphatic carboxylic acids is 1. The average molecular weight is 278 g/mol. The van der Waals surface area contributed by atoms with Crippen molar-refractivity contribution < 1.29 is 14.7 Å². The summed E-state index contributed by atoms with van der Waals surface area (Å²) in [6, 6.07) is 8.69. The highest BCUT2D eigenvalue weighted by Crippen LogP contribution is 2.12. The van der Waals surface area contributed by atoms with Crippen molar-refractivity contribution in [3.05, 3.63) is 30.3 Å². The Morgan fingerprint density at radius 1 is 1.25 bits per heavy atom. The molecule has 0 aliphatic carbocycles. The molecule has 0 aliphatic rings. The normalized spacial score (nSPS) is 11.9. The molecule has 0 saturated heterocycles. The molecule has 2 N–H and O–H groups in total. The number of hydrogen-bond donors (Lipinski definition) is 2. The Labute approximate surface area is 119 Å². The van der Waals surface area contributed by atoms with E-state index in [1.165, 1.54) is 0 Å². The van der Waals surface area contributed by atoms with Crippen molar-refractivity contribution >= 4 is 17.6 Å². The number of para-hydroxylation sites is 1. The van der Waals surface area contributed by atoms with E-state index in [1.807, 2.05) is 44.2 Å². The molecule has 0 radical (unpaired) electrons. The van der Waals surface area contributed by atoms with Gasteiger partial charge in [0.2, 0.25) is 5.91 Å². The van der Waals surface area contributed by atoms with Gasteiger partial charge in [0.15, 0.2) is 0 Å². The lowest BCUT2D eigenvalue weighted by Gasteiger charge is -2.22. The molecule has 1 aromatic rings. The molecule has 0 bridgehead atoms. The fourth-order valence-corrected chi connectivity index (χ4v) is 2.02. The molecule has 1 amide bonds. The van der Waals surface area contributed by atoms with Gasteiger partial charge in [-0.2, -0.15) is 0 Å². The second-order valence-electron chi connectivity index (χ2n) is 4.53. The molecule has 5 nitrogen and oxygen atoms in total. The summed E-state index contributed by atoms with van der Waals surface area (Å²) in [7, 11) is 0. The zero-order valence-electron chi connectivity index (χ0n) is 12.0. The van der Waals surface area contributed by atoms with Gasteiger partial charge in [0.25, 0.3) is 0 Å². The highest BCUT2D eigenvalue weighted by molar-refractivity contribution is 5.95. The Hall–Kier alpha value is -1.88. The van der Waals surface area contributed by atoms with Gasteiger partial charge in [-0.15, -0.1) is 0 Å². The number of carbonyl (C=O) groups is 2. The van der Waals surface area contributed by atoms with Gasteiger partial charge in [0.05, 0.1) is 6.54 Å². The van der Waals surface area contributed by atoms with E-state index in [9.17, 15) is 9.59 Å². The average Bonchev–Trinajstić information content (AvgIpc) is 2.45. The maximum Gasteiger partial charge on any atom is 0.320 e. The molecule has 0 fully saturated rings. The monoisotopic (exact) mass is 278 g/mol. The van der Waals surface area contributed by atoms with E-state index in [0.29, 0.717) is 13.0 Å². The Kier molecular flexibility index (Phi) is 6.73. The van der Waals surface area contributed by atoms with Crippen LogP contribution < -0.4 is 10.2 Å². The van der Waals surface area contributed by atoms with Crippen LogP contribution in [0.5, 0.6) is 0 Å². The fourth-order valence-electron chi connectivity index (χ4n) is 2.02. The molecule has 0 heterocycles. The summed E-state index contributed by atoms with van der Waals surface area (Å²) in [5, 5.41) is 11.9. The van der Waals surface area contributed by atoms with E-state index in [1.54, 1.807) is 4.90 Å². The standard InChI is InChI=1S/C15H22N2O3/c1-3-8-13(15(19)20)16-11-14(18)17(4-2)12-9-6-5-7-10-12/h5-7,9-10,13,16H,3-4,8,11H2,1-2H3,(H,19,20). The van der Waals surface area contributed by atoms with E-state index in [4.69, 9.17) is 5.11 Å². The molecule has 20 heavy (non-hydrogen) atoms. The number of anilines is 1. The van der Waals surface area contributed by atoms with Crippen molar-refractivity contribution in [1.82, 2.24) is 5.32 Å². The molecule has 0 aliphatic heterocycles. The highest BCUT2D eigenvalue weighted by atomic mass is 16.4. The number of amides is 1. The Balaban J connectivity index is 2.62. The smallest absolute Gasteiger partial charge is 0.320 e. The number of hydrogen-bond acceptors (Lipinski definition) is 3. The van der Waals surface area contributed by atoms with Crippen molar-refractivity contribution in [2.45, 2.75) is 32.7 Å². The van der Waals surface area contributed by atoms with Crippen molar-refractivity contribution in [3.63, 3.8) is 0 Å². The van der Waals surface area contributed by atoms with Crippen molar-refractivity contribution in [3.8, 4) is 0 Å². The minimum absolute atomic E-state index is 0.0275. The number of carboxylic acid groups (broad SMARTS) is 1. The van der Waals surface area contributed by atoms with Crippen molar-refractivity contribution in [2.24, 2.45) is 0 Å². The van der Waals surface area contributed by atoms with Crippen LogP contribution in [0.2, 0.25) is 0 Å². The van der Waals surface area contributed by atoms with Gasteiger partial charge >= 0.3 is 5.97 Å². The fraction of sp³-hybridized carbons (Fsp3) is 0.467. The van der Waals surface area contributed by atoms with E-state index in [0.717, 1.165) is 12.1 Å². The Bertz CT molecular complexity index is 434. The van der Waals surface area contributed by atoms with Crippen molar-refractivity contribution in [1.29, 1.82) is 0 Å². The Morgan fingerprint density at radius 2 is 1.90 bits per heavy atom. The van der Waals surface area contributed by atoms with Gasteiger partial charge < -0.3 is 10.0 Å². The molecular weight excluding hydrogens is 256 g/mol. The highest BCUT2D eigenvalue weighted by Gasteiger charge is 2.19. The summed E-state index contributed by atoms with van der Waals surface area (Å²) in [4.78, 5) is 24.8. The van der Waals surface area contributed by atoms with Crippen LogP contribution in [0.4, 0.5) is 5.69 Å². The van der Waals surface area contributed by atoms with Gasteiger partial charge in [-0.25, -0.2) is 0 Å². The van der Waals surface area contributed by atoms with E-state index in [-0.39, 0.29) is 12.5 Å². The number of rotatable bonds is 8. The van der Waals surface area contributed by atoms with Crippen LogP contribution in [0.1, 0.15) is 26.7 Å². The van der Waals surface area contributed by atoms with Gasteiger partial charge in [0.1, 0.15) is 6.04 Å². The third kappa shape index (κ3) is 4.66. The summed E-state index contributed by atoms with van der Waals surface area (Å²) < 4.78 is 0. The third-order valence-corrected chi connectivity index (χ3v) is 3.06. The molecule has 0 aromatic heterocycles. The minimum Gasteiger partial charge on any atom is -0.480 e. The van der Waals surface area contributed by atoms with Crippen LogP contribution in [0.15, 0.2) is 30.3 Å². The summed E-state index contributed by atoms with van der Waals surface area (Å²) in [6.45, 7) is 4.39. The molecule has 0 spiro atoms. The van der Waals surface area contributed by atoms with Crippen LogP contribution >= 0.6 is 0 Å². The van der Waals surface area contributed by atoms with Gasteiger partial charge in [-0.1, -0.05) is 31.5 Å². The molecule has 1 unspecified atom stereocenters. The minimum atomic E-state index is -0.914. The largest absolute Gasteiger partial charge is 0.480 e. The van der Waals surface area contributed by atoms with Crippen LogP contribution in [0, 0.1) is 0 Å². The summed E-state index contributed by atoms with van der Waals surface area (Å²) in [5.41, 5.74) is 0.823. The topological polar surface area (TPSA) is 69.6 Å². The predicted octanol–water partition coefficient (Wildman–Crippen LogP) is 1.88. The maximum absolute atomic E-state index is 12.2. The molecular formula is C15H22N2O3. The Morgan fingerprint density at radius 3 is 2.40 bits per heavy atom. The van der Waals surface area contributed by atoms with E-state index >= 15 is 0 Å². The molecule has 110 valence electrons. The first-order valence-corrected chi connectivity index (χ1v) is 6.91. The lowest BCUT2D eigenvalue weighted by Crippen LogP contribution is -2.44. The lowest BCUT2D eigenvalue weighted by atomic mass is 10.1. The number of nitrogens with zero attached hydrogens (tertiary/aromatic N) is 1. The van der Waals surface area contributed by atoms with Crippen LogP contribution in [-0.4, -0.2) is 36.1 Å². The zero-order chi connectivity index (χ0) is 15.0. The van der Waals surface area contributed by atoms with Gasteiger partial charge in [-0.05, 0) is 25.5 Å². The predicted molar refractivity (Wildman–Crippen MR) is 78.8 cm³/mol. The summed E-state index contributed by atoms with van der Waals surface area (Å²) >= 11 is 0. The molecule has 5 heteroatoms. The molecule has 0 saturated carbocycles. The van der Waals surface area contributed by atoms with Gasteiger partial charge in [-0.3, -0.25) is 14.9 Å². The quantitative estimate of drug-likeness (QED) is 0.762. The molecule has 1 aromatic carbocycles. The number of carbonyl (C=O) groups excluding carboxylic acids is 1. The number of likely N-dealkylation sites (N-methyl/N-ethyl adjacent to an activating group) is 1. The number of benzene rings is 1. The maximum atomic E-state index is 12.2. The number of carboxylic acids is 1. The first-order chi connectivity index (χ1) is 9.60. The lowest BCUT2D eigenvalue weighted by molar-refractivity contribution is -0.139. The first-order valence-electron chi connectivity index (χ1n) is 6.91. The molecule has 1 atom stereocenters. The molecule has 1 rings (SSSR count). The summed E-state index contributed by atoms with van der Waals surface area (Å²) in [6.07, 6.45) is 1.27. The number of nitrogens with one attached hydrogen (secondary N) is 1. The van der Waals surface area contributed by atoms with E-state index in [2.05, 4.69) is 5.32 Å². The SMILES string of the molecule is CCCC(NCC(=O)N(CC)c1ccccc1)C(=O)O. The van der Waals surface area contributed by atoms with E-state index < -0.39 is 12.0 Å². The van der Waals surface area contributed by atoms with Gasteiger partial charge in [0, 0.05) is 12.2 Å². The second kappa shape index (κ2) is 8.32. The van der Waals surface area contributed by atoms with Crippen LogP contribution in [-0.2, 0) is 9.59 Å². The second-order valence-corrected chi connectivity index (χ2v) is 4.53.